The molecule has 0 aromatic heterocycles. The number of carbonyl (C=O) groups excluding carboxylic acids is 1. The van der Waals surface area contributed by atoms with E-state index in [1.54, 1.807) is 6.92 Å². The standard InChI is InChI=1S/C18H19Cl2NO6S2/c1-3-6-29(25,26)21-18(22)9-12-7-13(19)10-14(8-12)27-17-5-4-15(11-16(17)20)28(2,23)24/h4-5,7-8,10-11H,3,6,9H2,1-2H3,(H,21,22). The maximum Gasteiger partial charge on any atom is 0.237 e. The third kappa shape index (κ3) is 7.18. The number of ether oxygens (including phenoxy) is 1. The van der Waals surface area contributed by atoms with E-state index >= 15 is 0 Å². The van der Waals surface area contributed by atoms with Gasteiger partial charge in [0.25, 0.3) is 0 Å². The molecular formula is C18H19Cl2NO6S2. The summed E-state index contributed by atoms with van der Waals surface area (Å²) in [6, 6.07) is 8.53. The van der Waals surface area contributed by atoms with Gasteiger partial charge in [0.1, 0.15) is 11.5 Å². The first-order valence-electron chi connectivity index (χ1n) is 8.40. The molecule has 2 rings (SSSR count). The number of halogens is 2. The van der Waals surface area contributed by atoms with Crippen molar-refractivity contribution < 1.29 is 26.4 Å². The predicted octanol–water partition coefficient (Wildman–Crippen LogP) is 3.59. The van der Waals surface area contributed by atoms with Crippen LogP contribution in [0.4, 0.5) is 0 Å². The zero-order valence-corrected chi connectivity index (χ0v) is 18.8. The van der Waals surface area contributed by atoms with Crippen molar-refractivity contribution in [1.29, 1.82) is 0 Å². The summed E-state index contributed by atoms with van der Waals surface area (Å²) in [7, 11) is -7.09. The lowest BCUT2D eigenvalue weighted by Crippen LogP contribution is -2.33. The summed E-state index contributed by atoms with van der Waals surface area (Å²) in [4.78, 5) is 12.1. The van der Waals surface area contributed by atoms with Crippen molar-refractivity contribution in [3.8, 4) is 11.5 Å². The molecule has 0 radical (unpaired) electrons. The lowest BCUT2D eigenvalue weighted by molar-refractivity contribution is -0.118. The molecule has 0 aliphatic carbocycles. The van der Waals surface area contributed by atoms with Gasteiger partial charge in [0.05, 0.1) is 22.1 Å². The average molecular weight is 480 g/mol. The van der Waals surface area contributed by atoms with Crippen molar-refractivity contribution in [1.82, 2.24) is 4.72 Å². The van der Waals surface area contributed by atoms with Crippen LogP contribution in [0.3, 0.4) is 0 Å². The number of hydrogen-bond acceptors (Lipinski definition) is 6. The summed E-state index contributed by atoms with van der Waals surface area (Å²) in [5, 5.41) is 0.350. The van der Waals surface area contributed by atoms with Crippen LogP contribution in [0, 0.1) is 0 Å². The van der Waals surface area contributed by atoms with E-state index in [0.29, 0.717) is 12.0 Å². The quantitative estimate of drug-likeness (QED) is 0.619. The number of sulfonamides is 1. The molecule has 0 saturated carbocycles. The summed E-state index contributed by atoms with van der Waals surface area (Å²) in [5.41, 5.74) is 0.431. The Labute approximate surface area is 179 Å². The minimum atomic E-state index is -3.67. The van der Waals surface area contributed by atoms with Crippen LogP contribution in [-0.4, -0.2) is 34.8 Å². The van der Waals surface area contributed by atoms with Gasteiger partial charge in [-0.05, 0) is 48.4 Å². The summed E-state index contributed by atoms with van der Waals surface area (Å²) >= 11 is 12.2. The lowest BCUT2D eigenvalue weighted by atomic mass is 10.1. The van der Waals surface area contributed by atoms with Crippen molar-refractivity contribution in [3.63, 3.8) is 0 Å². The van der Waals surface area contributed by atoms with Gasteiger partial charge in [-0.25, -0.2) is 16.8 Å². The molecule has 158 valence electrons. The Kier molecular flexibility index (Phi) is 7.56. The van der Waals surface area contributed by atoms with E-state index in [1.165, 1.54) is 36.4 Å². The Morgan fingerprint density at radius 2 is 1.76 bits per heavy atom. The maximum absolute atomic E-state index is 12.0. The number of amides is 1. The fraction of sp³-hybridized carbons (Fsp3) is 0.278. The highest BCUT2D eigenvalue weighted by atomic mass is 35.5. The lowest BCUT2D eigenvalue weighted by Gasteiger charge is -2.11. The van der Waals surface area contributed by atoms with Crippen LogP contribution in [0.25, 0.3) is 0 Å². The molecule has 0 aliphatic heterocycles. The zero-order chi connectivity index (χ0) is 21.8. The number of benzene rings is 2. The van der Waals surface area contributed by atoms with Gasteiger partial charge in [-0.2, -0.15) is 0 Å². The van der Waals surface area contributed by atoms with E-state index in [0.717, 1.165) is 6.26 Å². The van der Waals surface area contributed by atoms with E-state index in [4.69, 9.17) is 27.9 Å². The zero-order valence-electron chi connectivity index (χ0n) is 15.6. The fourth-order valence-electron chi connectivity index (χ4n) is 2.42. The highest BCUT2D eigenvalue weighted by Crippen LogP contribution is 2.33. The smallest absolute Gasteiger partial charge is 0.237 e. The number of rotatable bonds is 8. The molecule has 2 aromatic carbocycles. The van der Waals surface area contributed by atoms with Crippen LogP contribution in [0.5, 0.6) is 11.5 Å². The van der Waals surface area contributed by atoms with Gasteiger partial charge in [0.15, 0.2) is 9.84 Å². The molecular weight excluding hydrogens is 461 g/mol. The molecule has 11 heteroatoms. The van der Waals surface area contributed by atoms with Gasteiger partial charge in [-0.1, -0.05) is 30.1 Å². The van der Waals surface area contributed by atoms with Crippen LogP contribution in [0.2, 0.25) is 10.0 Å². The van der Waals surface area contributed by atoms with E-state index in [2.05, 4.69) is 0 Å². The van der Waals surface area contributed by atoms with E-state index in [1.807, 2.05) is 4.72 Å². The first-order valence-corrected chi connectivity index (χ1v) is 12.7. The Balaban J connectivity index is 2.20. The molecule has 29 heavy (non-hydrogen) atoms. The largest absolute Gasteiger partial charge is 0.456 e. The van der Waals surface area contributed by atoms with E-state index in [9.17, 15) is 21.6 Å². The topological polar surface area (TPSA) is 107 Å². The molecule has 0 unspecified atom stereocenters. The molecule has 0 heterocycles. The van der Waals surface area contributed by atoms with Crippen molar-refractivity contribution in [2.45, 2.75) is 24.7 Å². The first kappa shape index (κ1) is 23.5. The highest BCUT2D eigenvalue weighted by molar-refractivity contribution is 7.90. The third-order valence-corrected chi connectivity index (χ3v) is 6.71. The van der Waals surface area contributed by atoms with Crippen LogP contribution >= 0.6 is 23.2 Å². The number of sulfone groups is 1. The van der Waals surface area contributed by atoms with Gasteiger partial charge < -0.3 is 4.74 Å². The Morgan fingerprint density at radius 3 is 2.34 bits per heavy atom. The Bertz CT molecular complexity index is 1130. The summed E-state index contributed by atoms with van der Waals surface area (Å²) in [5.74, 6) is -0.389. The van der Waals surface area contributed by atoms with Gasteiger partial charge in [0.2, 0.25) is 15.9 Å². The first-order chi connectivity index (χ1) is 13.4. The Morgan fingerprint density at radius 1 is 1.07 bits per heavy atom. The average Bonchev–Trinajstić information content (AvgIpc) is 2.54. The molecule has 0 spiro atoms. The number of hydrogen-bond donors (Lipinski definition) is 1. The molecule has 0 aliphatic rings. The molecule has 2 aromatic rings. The second-order valence-electron chi connectivity index (χ2n) is 6.28. The van der Waals surface area contributed by atoms with Crippen LogP contribution in [0.15, 0.2) is 41.3 Å². The summed E-state index contributed by atoms with van der Waals surface area (Å²) < 4.78 is 54.2. The van der Waals surface area contributed by atoms with E-state index < -0.39 is 25.8 Å². The van der Waals surface area contributed by atoms with Crippen molar-refractivity contribution >= 4 is 49.0 Å². The second-order valence-corrected chi connectivity index (χ2v) is 11.0. The Hall–Kier alpha value is -1.81. The fourth-order valence-corrected chi connectivity index (χ4v) is 4.66. The van der Waals surface area contributed by atoms with Gasteiger partial charge in [0, 0.05) is 11.3 Å². The predicted molar refractivity (Wildman–Crippen MR) is 112 cm³/mol. The molecule has 1 N–H and O–H groups in total. The minimum Gasteiger partial charge on any atom is -0.456 e. The normalized spacial score (nSPS) is 11.9. The molecule has 0 fully saturated rings. The van der Waals surface area contributed by atoms with Crippen molar-refractivity contribution in [3.05, 3.63) is 52.0 Å². The van der Waals surface area contributed by atoms with Gasteiger partial charge in [-0.15, -0.1) is 0 Å². The SMILES string of the molecule is CCCS(=O)(=O)NC(=O)Cc1cc(Cl)cc(Oc2ccc(S(C)(=O)=O)cc2Cl)c1. The molecule has 7 nitrogen and oxygen atoms in total. The second kappa shape index (κ2) is 9.34. The van der Waals surface area contributed by atoms with Gasteiger partial charge in [-0.3, -0.25) is 9.52 Å². The van der Waals surface area contributed by atoms with Crippen LogP contribution < -0.4 is 9.46 Å². The maximum atomic E-state index is 12.0. The molecule has 1 amide bonds. The molecule has 0 saturated heterocycles. The monoisotopic (exact) mass is 479 g/mol. The summed E-state index contributed by atoms with van der Waals surface area (Å²) in [6.45, 7) is 1.69. The highest BCUT2D eigenvalue weighted by Gasteiger charge is 2.15. The minimum absolute atomic E-state index is 0.0478. The van der Waals surface area contributed by atoms with Crippen LogP contribution in [0.1, 0.15) is 18.9 Å². The molecule has 0 bridgehead atoms. The van der Waals surface area contributed by atoms with E-state index in [-0.39, 0.29) is 38.6 Å². The van der Waals surface area contributed by atoms with Gasteiger partial charge >= 0.3 is 0 Å². The van der Waals surface area contributed by atoms with Crippen LogP contribution in [-0.2, 0) is 31.1 Å². The summed E-state index contributed by atoms with van der Waals surface area (Å²) in [6.07, 6.45) is 1.23. The molecule has 0 atom stereocenters. The number of carbonyl (C=O) groups is 1. The third-order valence-electron chi connectivity index (χ3n) is 3.60. The number of nitrogens with one attached hydrogen (secondary N) is 1. The van der Waals surface area contributed by atoms with Crippen molar-refractivity contribution in [2.24, 2.45) is 0 Å². The van der Waals surface area contributed by atoms with Crippen molar-refractivity contribution in [2.75, 3.05) is 12.0 Å².